The SMILES string of the molecule is COc1cc(Br)c(C(O)/C=C/c2ccccc2C=O)cc1OC. The fourth-order valence-corrected chi connectivity index (χ4v) is 2.72. The minimum Gasteiger partial charge on any atom is -0.493 e. The second-order valence-electron chi connectivity index (χ2n) is 4.78. The van der Waals surface area contributed by atoms with Crippen LogP contribution in [0.25, 0.3) is 6.08 Å². The third kappa shape index (κ3) is 4.00. The number of benzene rings is 2. The number of carbonyl (C=O) groups is 1. The first-order chi connectivity index (χ1) is 11.1. The van der Waals surface area contributed by atoms with Crippen LogP contribution in [0.1, 0.15) is 27.6 Å². The van der Waals surface area contributed by atoms with E-state index < -0.39 is 6.10 Å². The van der Waals surface area contributed by atoms with Crippen molar-refractivity contribution in [3.8, 4) is 11.5 Å². The topological polar surface area (TPSA) is 55.8 Å². The van der Waals surface area contributed by atoms with Crippen LogP contribution in [0.5, 0.6) is 11.5 Å². The number of methoxy groups -OCH3 is 2. The standard InChI is InChI=1S/C18H17BrO4/c1-22-17-9-14(15(19)10-18(17)23-2)16(21)8-7-12-5-3-4-6-13(12)11-20/h3-11,16,21H,1-2H3/b8-7+. The average molecular weight is 377 g/mol. The Bertz CT molecular complexity index is 725. The summed E-state index contributed by atoms with van der Waals surface area (Å²) in [6.07, 6.45) is 3.27. The van der Waals surface area contributed by atoms with Crippen molar-refractivity contribution in [3.63, 3.8) is 0 Å². The zero-order valence-corrected chi connectivity index (χ0v) is 14.4. The highest BCUT2D eigenvalue weighted by Gasteiger charge is 2.14. The molecule has 5 heteroatoms. The lowest BCUT2D eigenvalue weighted by Gasteiger charge is -2.14. The lowest BCUT2D eigenvalue weighted by Crippen LogP contribution is -1.98. The van der Waals surface area contributed by atoms with Crippen molar-refractivity contribution >= 4 is 28.3 Å². The Hall–Kier alpha value is -2.11. The summed E-state index contributed by atoms with van der Waals surface area (Å²) in [6.45, 7) is 0. The minimum absolute atomic E-state index is 0.534. The average Bonchev–Trinajstić information content (AvgIpc) is 2.59. The molecule has 0 amide bonds. The zero-order valence-electron chi connectivity index (χ0n) is 12.8. The van der Waals surface area contributed by atoms with E-state index in [-0.39, 0.29) is 0 Å². The highest BCUT2D eigenvalue weighted by atomic mass is 79.9. The van der Waals surface area contributed by atoms with Crippen LogP contribution in [-0.2, 0) is 0 Å². The van der Waals surface area contributed by atoms with Crippen molar-refractivity contribution in [2.75, 3.05) is 14.2 Å². The molecule has 0 fully saturated rings. The second-order valence-corrected chi connectivity index (χ2v) is 5.63. The number of rotatable bonds is 6. The molecular weight excluding hydrogens is 360 g/mol. The molecule has 23 heavy (non-hydrogen) atoms. The second kappa shape index (κ2) is 7.94. The molecule has 2 aromatic rings. The van der Waals surface area contributed by atoms with Gasteiger partial charge in [-0.15, -0.1) is 0 Å². The quantitative estimate of drug-likeness (QED) is 0.773. The van der Waals surface area contributed by atoms with Crippen LogP contribution in [-0.4, -0.2) is 25.6 Å². The molecule has 0 aliphatic carbocycles. The van der Waals surface area contributed by atoms with Gasteiger partial charge in [-0.05, 0) is 17.7 Å². The molecular formula is C18H17BrO4. The maximum atomic E-state index is 11.0. The molecule has 0 saturated heterocycles. The molecule has 0 aliphatic heterocycles. The Labute approximate surface area is 143 Å². The highest BCUT2D eigenvalue weighted by molar-refractivity contribution is 9.10. The largest absolute Gasteiger partial charge is 0.493 e. The van der Waals surface area contributed by atoms with Gasteiger partial charge in [0, 0.05) is 15.6 Å². The molecule has 1 atom stereocenters. The van der Waals surface area contributed by atoms with Crippen LogP contribution in [0.2, 0.25) is 0 Å². The number of aliphatic hydroxyl groups excluding tert-OH is 1. The molecule has 2 rings (SSSR count). The van der Waals surface area contributed by atoms with E-state index in [1.54, 1.807) is 43.5 Å². The molecule has 4 nitrogen and oxygen atoms in total. The number of carbonyl (C=O) groups excluding carboxylic acids is 1. The maximum absolute atomic E-state index is 11.0. The van der Waals surface area contributed by atoms with Gasteiger partial charge in [-0.1, -0.05) is 52.3 Å². The van der Waals surface area contributed by atoms with Crippen LogP contribution in [0.4, 0.5) is 0 Å². The van der Waals surface area contributed by atoms with Crippen LogP contribution >= 0.6 is 15.9 Å². The Morgan fingerprint density at radius 1 is 1.09 bits per heavy atom. The zero-order chi connectivity index (χ0) is 16.8. The van der Waals surface area contributed by atoms with Gasteiger partial charge in [-0.3, -0.25) is 4.79 Å². The van der Waals surface area contributed by atoms with Crippen LogP contribution < -0.4 is 9.47 Å². The van der Waals surface area contributed by atoms with E-state index in [0.717, 1.165) is 11.8 Å². The molecule has 0 saturated carbocycles. The Morgan fingerprint density at radius 2 is 1.70 bits per heavy atom. The number of aldehydes is 1. The molecule has 0 radical (unpaired) electrons. The predicted molar refractivity (Wildman–Crippen MR) is 93.1 cm³/mol. The smallest absolute Gasteiger partial charge is 0.161 e. The Morgan fingerprint density at radius 3 is 2.30 bits per heavy atom. The number of hydrogen-bond donors (Lipinski definition) is 1. The molecule has 0 bridgehead atoms. The minimum atomic E-state index is -0.858. The highest BCUT2D eigenvalue weighted by Crippen LogP contribution is 2.36. The first-order valence-corrected chi connectivity index (χ1v) is 7.72. The fraction of sp³-hybridized carbons (Fsp3) is 0.167. The molecule has 0 aromatic heterocycles. The van der Waals surface area contributed by atoms with Gasteiger partial charge in [-0.25, -0.2) is 0 Å². The fourth-order valence-electron chi connectivity index (χ4n) is 2.17. The summed E-state index contributed by atoms with van der Waals surface area (Å²) in [7, 11) is 3.09. The van der Waals surface area contributed by atoms with Gasteiger partial charge >= 0.3 is 0 Å². The molecule has 0 aliphatic rings. The third-order valence-electron chi connectivity index (χ3n) is 3.40. The Balaban J connectivity index is 2.32. The van der Waals surface area contributed by atoms with Crippen molar-refractivity contribution in [2.24, 2.45) is 0 Å². The van der Waals surface area contributed by atoms with E-state index >= 15 is 0 Å². The van der Waals surface area contributed by atoms with Gasteiger partial charge in [0.15, 0.2) is 17.8 Å². The summed E-state index contributed by atoms with van der Waals surface area (Å²) in [6, 6.07) is 10.6. The summed E-state index contributed by atoms with van der Waals surface area (Å²) in [4.78, 5) is 11.0. The van der Waals surface area contributed by atoms with Crippen LogP contribution in [0.3, 0.4) is 0 Å². The van der Waals surface area contributed by atoms with Gasteiger partial charge in [-0.2, -0.15) is 0 Å². The lowest BCUT2D eigenvalue weighted by atomic mass is 10.0. The monoisotopic (exact) mass is 376 g/mol. The normalized spacial score (nSPS) is 12.2. The van der Waals surface area contributed by atoms with Crippen molar-refractivity contribution in [1.29, 1.82) is 0 Å². The van der Waals surface area contributed by atoms with Crippen molar-refractivity contribution in [3.05, 3.63) is 63.6 Å². The van der Waals surface area contributed by atoms with Gasteiger partial charge in [0.1, 0.15) is 0 Å². The van der Waals surface area contributed by atoms with Gasteiger partial charge < -0.3 is 14.6 Å². The maximum Gasteiger partial charge on any atom is 0.161 e. The number of halogens is 1. The molecule has 1 unspecified atom stereocenters. The van der Waals surface area contributed by atoms with Crippen molar-refractivity contribution < 1.29 is 19.4 Å². The van der Waals surface area contributed by atoms with Crippen LogP contribution in [0, 0.1) is 0 Å². The number of aliphatic hydroxyl groups is 1. The molecule has 1 N–H and O–H groups in total. The molecule has 120 valence electrons. The van der Waals surface area contributed by atoms with Gasteiger partial charge in [0.2, 0.25) is 0 Å². The first-order valence-electron chi connectivity index (χ1n) is 6.92. The van der Waals surface area contributed by atoms with Crippen molar-refractivity contribution in [1.82, 2.24) is 0 Å². The summed E-state index contributed by atoms with van der Waals surface area (Å²) in [5.41, 5.74) is 1.96. The third-order valence-corrected chi connectivity index (χ3v) is 4.09. The number of ether oxygens (including phenoxy) is 2. The van der Waals surface area contributed by atoms with E-state index in [1.807, 2.05) is 12.1 Å². The van der Waals surface area contributed by atoms with E-state index in [2.05, 4.69) is 15.9 Å². The summed E-state index contributed by atoms with van der Waals surface area (Å²) in [5, 5.41) is 10.4. The number of hydrogen-bond acceptors (Lipinski definition) is 4. The Kier molecular flexibility index (Phi) is 5.96. The van der Waals surface area contributed by atoms with Gasteiger partial charge in [0.05, 0.1) is 20.3 Å². The van der Waals surface area contributed by atoms with E-state index in [1.165, 1.54) is 7.11 Å². The summed E-state index contributed by atoms with van der Waals surface area (Å²) in [5.74, 6) is 1.11. The lowest BCUT2D eigenvalue weighted by molar-refractivity contribution is 0.112. The summed E-state index contributed by atoms with van der Waals surface area (Å²) >= 11 is 3.42. The molecule has 0 spiro atoms. The van der Waals surface area contributed by atoms with E-state index in [4.69, 9.17) is 9.47 Å². The van der Waals surface area contributed by atoms with Gasteiger partial charge in [0.25, 0.3) is 0 Å². The summed E-state index contributed by atoms with van der Waals surface area (Å²) < 4.78 is 11.2. The van der Waals surface area contributed by atoms with E-state index in [9.17, 15) is 9.90 Å². The molecule has 2 aromatic carbocycles. The molecule has 0 heterocycles. The first kappa shape index (κ1) is 17.2. The van der Waals surface area contributed by atoms with E-state index in [0.29, 0.717) is 27.1 Å². The van der Waals surface area contributed by atoms with Crippen LogP contribution in [0.15, 0.2) is 46.9 Å². The van der Waals surface area contributed by atoms with Crippen molar-refractivity contribution in [2.45, 2.75) is 6.10 Å². The predicted octanol–water partition coefficient (Wildman–Crippen LogP) is 4.03.